The van der Waals surface area contributed by atoms with E-state index >= 15 is 0 Å². The summed E-state index contributed by atoms with van der Waals surface area (Å²) in [4.78, 5) is 54.4. The minimum atomic E-state index is -1.37. The van der Waals surface area contributed by atoms with Gasteiger partial charge in [0.15, 0.2) is 0 Å². The largest absolute Gasteiger partial charge is 0.477 e. The number of nitrogens with zero attached hydrogens (tertiary/aromatic N) is 2. The number of H-pyrrole nitrogens is 1. The molecule has 1 atom stereocenters. The zero-order valence-corrected chi connectivity index (χ0v) is 15.1. The summed E-state index contributed by atoms with van der Waals surface area (Å²) in [5, 5.41) is 8.87. The van der Waals surface area contributed by atoms with Crippen molar-refractivity contribution in [3.8, 4) is 11.4 Å². The van der Waals surface area contributed by atoms with Crippen molar-refractivity contribution < 1.29 is 19.5 Å². The number of nitrogens with one attached hydrogen (secondary N) is 1. The van der Waals surface area contributed by atoms with E-state index in [4.69, 9.17) is 10.8 Å². The maximum Gasteiger partial charge on any atom is 0.342 e. The molecule has 9 nitrogen and oxygen atoms in total. The molecule has 142 valence electrons. The zero-order valence-electron chi connectivity index (χ0n) is 15.1. The highest BCUT2D eigenvalue weighted by Gasteiger charge is 2.27. The first kappa shape index (κ1) is 20.0. The Morgan fingerprint density at radius 1 is 1.19 bits per heavy atom. The molecule has 1 heterocycles. The fourth-order valence-corrected chi connectivity index (χ4v) is 2.36. The monoisotopic (exact) mass is 372 g/mol. The SMILES string of the molecule is CC(=O)N(C(=O)C(N)C(C)C)c1ccc(-c2ncc(C(=O)O)c(=O)[nH]2)cc1. The predicted octanol–water partition coefficient (Wildman–Crippen LogP) is 0.998. The van der Waals surface area contributed by atoms with E-state index in [0.29, 0.717) is 11.3 Å². The van der Waals surface area contributed by atoms with Crippen LogP contribution in [0.15, 0.2) is 35.3 Å². The number of imide groups is 1. The molecule has 9 heteroatoms. The van der Waals surface area contributed by atoms with Crippen molar-refractivity contribution in [1.29, 1.82) is 0 Å². The minimum absolute atomic E-state index is 0.138. The molecule has 2 amide bonds. The fourth-order valence-electron chi connectivity index (χ4n) is 2.36. The number of benzene rings is 1. The molecule has 0 spiro atoms. The van der Waals surface area contributed by atoms with Gasteiger partial charge in [-0.2, -0.15) is 0 Å². The number of anilines is 1. The summed E-state index contributed by atoms with van der Waals surface area (Å²) >= 11 is 0. The van der Waals surface area contributed by atoms with Gasteiger partial charge in [-0.3, -0.25) is 14.4 Å². The molecule has 0 saturated heterocycles. The van der Waals surface area contributed by atoms with Gasteiger partial charge in [0.2, 0.25) is 5.91 Å². The lowest BCUT2D eigenvalue weighted by molar-refractivity contribution is -0.126. The van der Waals surface area contributed by atoms with Crippen molar-refractivity contribution in [2.45, 2.75) is 26.8 Å². The second kappa shape index (κ2) is 7.92. The maximum atomic E-state index is 12.5. The van der Waals surface area contributed by atoms with Crippen molar-refractivity contribution in [1.82, 2.24) is 9.97 Å². The van der Waals surface area contributed by atoms with Crippen LogP contribution in [0.25, 0.3) is 11.4 Å². The van der Waals surface area contributed by atoms with Crippen molar-refractivity contribution in [2.24, 2.45) is 11.7 Å². The Kier molecular flexibility index (Phi) is 5.86. The minimum Gasteiger partial charge on any atom is -0.477 e. The molecular weight excluding hydrogens is 352 g/mol. The summed E-state index contributed by atoms with van der Waals surface area (Å²) in [6.07, 6.45) is 0.970. The molecule has 0 aliphatic rings. The van der Waals surface area contributed by atoms with Gasteiger partial charge in [-0.05, 0) is 30.2 Å². The number of hydrogen-bond acceptors (Lipinski definition) is 6. The molecule has 2 rings (SSSR count). The van der Waals surface area contributed by atoms with Gasteiger partial charge in [-0.1, -0.05) is 13.8 Å². The molecule has 4 N–H and O–H groups in total. The molecule has 1 aromatic carbocycles. The first-order valence-electron chi connectivity index (χ1n) is 8.16. The molecule has 2 aromatic rings. The van der Waals surface area contributed by atoms with Gasteiger partial charge in [0.1, 0.15) is 11.4 Å². The number of carbonyl (C=O) groups excluding carboxylic acids is 2. The molecule has 0 bridgehead atoms. The zero-order chi connectivity index (χ0) is 20.3. The van der Waals surface area contributed by atoms with Crippen molar-refractivity contribution >= 4 is 23.5 Å². The normalized spacial score (nSPS) is 11.9. The fraction of sp³-hybridized carbons (Fsp3) is 0.278. The molecule has 0 fully saturated rings. The highest BCUT2D eigenvalue weighted by atomic mass is 16.4. The Hall–Kier alpha value is -3.33. The molecule has 1 aromatic heterocycles. The number of aromatic amines is 1. The lowest BCUT2D eigenvalue weighted by atomic mass is 10.0. The Labute approximate surface area is 154 Å². The quantitative estimate of drug-likeness (QED) is 0.709. The second-order valence-electron chi connectivity index (χ2n) is 6.29. The van der Waals surface area contributed by atoms with Gasteiger partial charge in [0.05, 0.1) is 11.7 Å². The molecule has 0 radical (unpaired) electrons. The van der Waals surface area contributed by atoms with Gasteiger partial charge in [-0.15, -0.1) is 0 Å². The average molecular weight is 372 g/mol. The lowest BCUT2D eigenvalue weighted by Crippen LogP contribution is -2.48. The van der Waals surface area contributed by atoms with Crippen LogP contribution in [0, 0.1) is 5.92 Å². The average Bonchev–Trinajstić information content (AvgIpc) is 2.60. The molecule has 0 aliphatic carbocycles. The number of aromatic carboxylic acids is 1. The standard InChI is InChI=1S/C18H20N4O5/c1-9(2)14(19)17(25)22(10(3)23)12-6-4-11(5-7-12)15-20-8-13(18(26)27)16(24)21-15/h4-9,14H,19H2,1-3H3,(H,26,27)(H,20,21,24). The van der Waals surface area contributed by atoms with Crippen LogP contribution in [0.2, 0.25) is 0 Å². The van der Waals surface area contributed by atoms with Crippen LogP contribution in [0.3, 0.4) is 0 Å². The van der Waals surface area contributed by atoms with Crippen LogP contribution in [0.5, 0.6) is 0 Å². The summed E-state index contributed by atoms with van der Waals surface area (Å²) in [6.45, 7) is 4.84. The van der Waals surface area contributed by atoms with E-state index in [1.165, 1.54) is 19.1 Å². The van der Waals surface area contributed by atoms with Gasteiger partial charge in [-0.25, -0.2) is 14.7 Å². The van der Waals surface area contributed by atoms with Crippen molar-refractivity contribution in [2.75, 3.05) is 4.90 Å². The van der Waals surface area contributed by atoms with Gasteiger partial charge in [0, 0.05) is 18.7 Å². The van der Waals surface area contributed by atoms with Crippen LogP contribution < -0.4 is 16.2 Å². The van der Waals surface area contributed by atoms with Crippen LogP contribution in [0.1, 0.15) is 31.1 Å². The Balaban J connectivity index is 2.36. The van der Waals surface area contributed by atoms with Gasteiger partial charge in [0.25, 0.3) is 11.5 Å². The van der Waals surface area contributed by atoms with Crippen molar-refractivity contribution in [3.63, 3.8) is 0 Å². The van der Waals surface area contributed by atoms with E-state index in [-0.39, 0.29) is 11.7 Å². The molecular formula is C18H20N4O5. The second-order valence-corrected chi connectivity index (χ2v) is 6.29. The molecule has 1 unspecified atom stereocenters. The smallest absolute Gasteiger partial charge is 0.342 e. The summed E-state index contributed by atoms with van der Waals surface area (Å²) in [7, 11) is 0. The van der Waals surface area contributed by atoms with Crippen LogP contribution in [-0.2, 0) is 9.59 Å². The van der Waals surface area contributed by atoms with E-state index in [1.54, 1.807) is 26.0 Å². The third-order valence-corrected chi connectivity index (χ3v) is 3.97. The number of carboxylic acid groups (broad SMARTS) is 1. The molecule has 0 aliphatic heterocycles. The Morgan fingerprint density at radius 2 is 1.78 bits per heavy atom. The maximum absolute atomic E-state index is 12.5. The van der Waals surface area contributed by atoms with E-state index in [0.717, 1.165) is 11.1 Å². The highest BCUT2D eigenvalue weighted by molar-refractivity contribution is 6.15. The van der Waals surface area contributed by atoms with Crippen LogP contribution >= 0.6 is 0 Å². The number of carboxylic acids is 1. The summed E-state index contributed by atoms with van der Waals surface area (Å²) in [6, 6.07) is 5.32. The van der Waals surface area contributed by atoms with Crippen LogP contribution in [0.4, 0.5) is 5.69 Å². The van der Waals surface area contributed by atoms with E-state index in [2.05, 4.69) is 9.97 Å². The number of aromatic nitrogens is 2. The van der Waals surface area contributed by atoms with Crippen molar-refractivity contribution in [3.05, 3.63) is 46.4 Å². The lowest BCUT2D eigenvalue weighted by Gasteiger charge is -2.24. The Bertz CT molecular complexity index is 934. The first-order valence-corrected chi connectivity index (χ1v) is 8.16. The van der Waals surface area contributed by atoms with E-state index in [1.807, 2.05) is 0 Å². The molecule has 0 saturated carbocycles. The highest BCUT2D eigenvalue weighted by Crippen LogP contribution is 2.22. The van der Waals surface area contributed by atoms with Crippen LogP contribution in [-0.4, -0.2) is 38.9 Å². The number of carbonyl (C=O) groups is 3. The molecule has 27 heavy (non-hydrogen) atoms. The van der Waals surface area contributed by atoms with Gasteiger partial charge >= 0.3 is 5.97 Å². The third kappa shape index (κ3) is 4.26. The number of rotatable bonds is 5. The third-order valence-electron chi connectivity index (χ3n) is 3.97. The van der Waals surface area contributed by atoms with E-state index in [9.17, 15) is 19.2 Å². The summed E-state index contributed by atoms with van der Waals surface area (Å²) in [5.74, 6) is -2.33. The first-order chi connectivity index (χ1) is 12.6. The summed E-state index contributed by atoms with van der Waals surface area (Å²) in [5.41, 5.74) is 5.44. The number of amides is 2. The Morgan fingerprint density at radius 3 is 2.22 bits per heavy atom. The summed E-state index contributed by atoms with van der Waals surface area (Å²) < 4.78 is 0. The topological polar surface area (TPSA) is 146 Å². The number of hydrogen-bond donors (Lipinski definition) is 3. The number of nitrogens with two attached hydrogens (primary N) is 1. The van der Waals surface area contributed by atoms with Gasteiger partial charge < -0.3 is 15.8 Å². The van der Waals surface area contributed by atoms with E-state index < -0.39 is 34.9 Å². The predicted molar refractivity (Wildman–Crippen MR) is 98.2 cm³/mol.